The fourth-order valence-corrected chi connectivity index (χ4v) is 2.54. The molecule has 1 amide bonds. The molecule has 0 radical (unpaired) electrons. The van der Waals surface area contributed by atoms with Gasteiger partial charge in [0.15, 0.2) is 0 Å². The first-order chi connectivity index (χ1) is 12.0. The van der Waals surface area contributed by atoms with Gasteiger partial charge in [-0.15, -0.1) is 0 Å². The summed E-state index contributed by atoms with van der Waals surface area (Å²) in [6.45, 7) is 6.62. The number of hydrogen-bond donors (Lipinski definition) is 2. The molecule has 128 valence electrons. The fraction of sp³-hybridized carbons (Fsp3) is 0.238. The molecular weight excluding hydrogens is 310 g/mol. The predicted molar refractivity (Wildman–Crippen MR) is 101 cm³/mol. The molecule has 4 heteroatoms. The van der Waals surface area contributed by atoms with Crippen LogP contribution in [-0.4, -0.2) is 5.91 Å². The molecule has 0 aliphatic heterocycles. The summed E-state index contributed by atoms with van der Waals surface area (Å²) in [7, 11) is 0. The van der Waals surface area contributed by atoms with E-state index in [0.29, 0.717) is 12.5 Å². The molecule has 0 aromatic heterocycles. The Morgan fingerprint density at radius 2 is 1.88 bits per heavy atom. The fourth-order valence-electron chi connectivity index (χ4n) is 2.54. The number of carbonyl (C=O) groups excluding carboxylic acids is 1. The number of nitrogens with one attached hydrogen (secondary N) is 2. The van der Waals surface area contributed by atoms with Crippen LogP contribution in [0.3, 0.4) is 0 Å². The Balaban J connectivity index is 2.10. The van der Waals surface area contributed by atoms with Crippen LogP contribution in [0, 0.1) is 18.3 Å². The molecule has 0 spiro atoms. The number of para-hydroxylation sites is 1. The maximum atomic E-state index is 12.2. The summed E-state index contributed by atoms with van der Waals surface area (Å²) in [4.78, 5) is 12.2. The summed E-state index contributed by atoms with van der Waals surface area (Å²) in [5, 5.41) is 15.2. The minimum Gasteiger partial charge on any atom is -0.360 e. The first-order valence-electron chi connectivity index (χ1n) is 8.31. The molecule has 4 nitrogen and oxygen atoms in total. The lowest BCUT2D eigenvalue weighted by Gasteiger charge is -2.15. The number of carbonyl (C=O) groups is 1. The number of anilines is 1. The van der Waals surface area contributed by atoms with Crippen LogP contribution >= 0.6 is 0 Å². The van der Waals surface area contributed by atoms with Crippen molar-refractivity contribution in [1.82, 2.24) is 5.32 Å². The van der Waals surface area contributed by atoms with E-state index in [1.165, 1.54) is 6.20 Å². The zero-order valence-electron chi connectivity index (χ0n) is 14.8. The van der Waals surface area contributed by atoms with Gasteiger partial charge >= 0.3 is 0 Å². The monoisotopic (exact) mass is 333 g/mol. The van der Waals surface area contributed by atoms with Crippen LogP contribution in [-0.2, 0) is 11.3 Å². The highest BCUT2D eigenvalue weighted by molar-refractivity contribution is 5.97. The van der Waals surface area contributed by atoms with Gasteiger partial charge in [0, 0.05) is 18.4 Å². The summed E-state index contributed by atoms with van der Waals surface area (Å²) >= 11 is 0. The highest BCUT2D eigenvalue weighted by atomic mass is 16.1. The van der Waals surface area contributed by atoms with E-state index in [4.69, 9.17) is 0 Å². The molecule has 0 fully saturated rings. The lowest BCUT2D eigenvalue weighted by molar-refractivity contribution is -0.117. The molecule has 0 aliphatic rings. The zero-order chi connectivity index (χ0) is 18.2. The summed E-state index contributed by atoms with van der Waals surface area (Å²) < 4.78 is 0. The van der Waals surface area contributed by atoms with Gasteiger partial charge in [-0.25, -0.2) is 0 Å². The molecular formula is C21H23N3O. The topological polar surface area (TPSA) is 64.9 Å². The maximum Gasteiger partial charge on any atom is 0.263 e. The Bertz CT molecular complexity index is 802. The summed E-state index contributed by atoms with van der Waals surface area (Å²) in [5.74, 6) is -0.0493. The average molecular weight is 333 g/mol. The summed E-state index contributed by atoms with van der Waals surface area (Å²) in [6, 6.07) is 17.6. The van der Waals surface area contributed by atoms with Crippen molar-refractivity contribution in [3.8, 4) is 6.07 Å². The van der Waals surface area contributed by atoms with E-state index >= 15 is 0 Å². The van der Waals surface area contributed by atoms with E-state index in [2.05, 4.69) is 30.5 Å². The smallest absolute Gasteiger partial charge is 0.263 e. The first kappa shape index (κ1) is 18.3. The molecule has 0 bridgehead atoms. The Kier molecular flexibility index (Phi) is 6.36. The number of rotatable bonds is 6. The predicted octanol–water partition coefficient (Wildman–Crippen LogP) is 4.25. The molecule has 2 N–H and O–H groups in total. The van der Waals surface area contributed by atoms with Gasteiger partial charge < -0.3 is 10.6 Å². The molecule has 25 heavy (non-hydrogen) atoms. The van der Waals surface area contributed by atoms with Gasteiger partial charge in [-0.05, 0) is 29.5 Å². The van der Waals surface area contributed by atoms with Crippen LogP contribution in [0.5, 0.6) is 0 Å². The third-order valence-electron chi connectivity index (χ3n) is 3.95. The molecule has 2 aromatic carbocycles. The number of nitrogens with zero attached hydrogens (tertiary/aromatic N) is 1. The summed E-state index contributed by atoms with van der Waals surface area (Å²) in [6.07, 6.45) is 1.48. The van der Waals surface area contributed by atoms with Crippen molar-refractivity contribution in [2.24, 2.45) is 0 Å². The highest BCUT2D eigenvalue weighted by Gasteiger charge is 2.11. The van der Waals surface area contributed by atoms with Crippen LogP contribution in [0.25, 0.3) is 0 Å². The molecule has 0 atom stereocenters. The number of nitriles is 1. The van der Waals surface area contributed by atoms with Crippen molar-refractivity contribution in [2.45, 2.75) is 33.2 Å². The van der Waals surface area contributed by atoms with E-state index < -0.39 is 5.91 Å². The molecule has 0 aliphatic carbocycles. The third-order valence-corrected chi connectivity index (χ3v) is 3.95. The van der Waals surface area contributed by atoms with Gasteiger partial charge in [-0.3, -0.25) is 4.79 Å². The van der Waals surface area contributed by atoms with E-state index in [-0.39, 0.29) is 5.57 Å². The van der Waals surface area contributed by atoms with Crippen molar-refractivity contribution >= 4 is 11.6 Å². The van der Waals surface area contributed by atoms with Crippen molar-refractivity contribution in [3.05, 3.63) is 77.0 Å². The molecule has 0 unspecified atom stereocenters. The normalized spacial score (nSPS) is 11.1. The standard InChI is InChI=1S/C21H23N3O/c1-15(2)19-11-7-8-16(3)20(19)23-14-18(12-22)21(25)24-13-17-9-5-4-6-10-17/h4-11,14-15,23H,13H2,1-3H3,(H,24,25)/b18-14-. The third kappa shape index (κ3) is 4.95. The van der Waals surface area contributed by atoms with Crippen molar-refractivity contribution in [3.63, 3.8) is 0 Å². The van der Waals surface area contributed by atoms with E-state index in [1.807, 2.05) is 55.5 Å². The second kappa shape index (κ2) is 8.70. The SMILES string of the molecule is Cc1cccc(C(C)C)c1N/C=C(/C#N)C(=O)NCc1ccccc1. The van der Waals surface area contributed by atoms with E-state index in [1.54, 1.807) is 0 Å². The van der Waals surface area contributed by atoms with E-state index in [0.717, 1.165) is 22.4 Å². The molecule has 2 aromatic rings. The van der Waals surface area contributed by atoms with E-state index in [9.17, 15) is 10.1 Å². The van der Waals surface area contributed by atoms with Gasteiger partial charge in [-0.2, -0.15) is 5.26 Å². The largest absolute Gasteiger partial charge is 0.360 e. The molecule has 2 rings (SSSR count). The van der Waals surface area contributed by atoms with Crippen LogP contribution in [0.4, 0.5) is 5.69 Å². The van der Waals surface area contributed by atoms with Gasteiger partial charge in [0.25, 0.3) is 5.91 Å². The number of benzene rings is 2. The quantitative estimate of drug-likeness (QED) is 0.613. The number of amides is 1. The van der Waals surface area contributed by atoms with Crippen molar-refractivity contribution in [2.75, 3.05) is 5.32 Å². The Hall–Kier alpha value is -3.06. The van der Waals surface area contributed by atoms with Gasteiger partial charge in [0.05, 0.1) is 0 Å². The van der Waals surface area contributed by atoms with Gasteiger partial charge in [0.2, 0.25) is 0 Å². The minimum absolute atomic E-state index is 0.0499. The van der Waals surface area contributed by atoms with Crippen LogP contribution in [0.1, 0.15) is 36.5 Å². The number of aryl methyl sites for hydroxylation is 1. The second-order valence-electron chi connectivity index (χ2n) is 6.18. The Morgan fingerprint density at radius 3 is 2.52 bits per heavy atom. The van der Waals surface area contributed by atoms with Crippen LogP contribution in [0.15, 0.2) is 60.3 Å². The van der Waals surface area contributed by atoms with Gasteiger partial charge in [-0.1, -0.05) is 62.4 Å². The van der Waals surface area contributed by atoms with Crippen LogP contribution < -0.4 is 10.6 Å². The molecule has 0 saturated heterocycles. The zero-order valence-corrected chi connectivity index (χ0v) is 14.8. The highest BCUT2D eigenvalue weighted by Crippen LogP contribution is 2.27. The lowest BCUT2D eigenvalue weighted by Crippen LogP contribution is -2.24. The first-order valence-corrected chi connectivity index (χ1v) is 8.31. The molecule has 0 heterocycles. The lowest BCUT2D eigenvalue weighted by atomic mass is 9.98. The Morgan fingerprint density at radius 1 is 1.16 bits per heavy atom. The van der Waals surface area contributed by atoms with Crippen molar-refractivity contribution in [1.29, 1.82) is 5.26 Å². The average Bonchev–Trinajstić information content (AvgIpc) is 2.62. The maximum absolute atomic E-state index is 12.2. The second-order valence-corrected chi connectivity index (χ2v) is 6.18. The number of hydrogen-bond acceptors (Lipinski definition) is 3. The van der Waals surface area contributed by atoms with Crippen LogP contribution in [0.2, 0.25) is 0 Å². The van der Waals surface area contributed by atoms with Crippen molar-refractivity contribution < 1.29 is 4.79 Å². The summed E-state index contributed by atoms with van der Waals surface area (Å²) in [5.41, 5.74) is 4.21. The Labute approximate surface area is 149 Å². The minimum atomic E-state index is -0.390. The molecule has 0 saturated carbocycles. The van der Waals surface area contributed by atoms with Gasteiger partial charge in [0.1, 0.15) is 11.6 Å².